The molecule has 0 bridgehead atoms. The van der Waals surface area contributed by atoms with Gasteiger partial charge in [0.05, 0.1) is 11.7 Å². The van der Waals surface area contributed by atoms with Crippen molar-refractivity contribution in [3.63, 3.8) is 0 Å². The summed E-state index contributed by atoms with van der Waals surface area (Å²) in [5, 5.41) is 1.10. The summed E-state index contributed by atoms with van der Waals surface area (Å²) in [6.45, 7) is 0. The number of benzene rings is 1. The molecule has 0 amide bonds. The van der Waals surface area contributed by atoms with Gasteiger partial charge in [-0.2, -0.15) is 0 Å². The second-order valence-corrected chi connectivity index (χ2v) is 3.39. The van der Waals surface area contributed by atoms with Gasteiger partial charge in [-0.25, -0.2) is 0 Å². The fraction of sp³-hybridized carbons (Fsp3) is 0.111. The molecular formula is C9H8BrNO. The molecule has 2 aromatic rings. The Balaban J connectivity index is 2.78. The highest BCUT2D eigenvalue weighted by Gasteiger charge is 2.02. The molecule has 62 valence electrons. The first kappa shape index (κ1) is 7.68. The zero-order chi connectivity index (χ0) is 8.55. The Morgan fingerprint density at radius 1 is 1.42 bits per heavy atom. The van der Waals surface area contributed by atoms with Crippen molar-refractivity contribution in [1.82, 2.24) is 4.98 Å². The number of H-pyrrole nitrogens is 1. The standard InChI is InChI=1S/C9H8BrNO/c1-12-8-4-2-3-7-6(8)5-9(10)11-7/h2-5,11H,1H3. The Morgan fingerprint density at radius 3 is 3.00 bits per heavy atom. The van der Waals surface area contributed by atoms with Crippen molar-refractivity contribution in [1.29, 1.82) is 0 Å². The number of hydrogen-bond donors (Lipinski definition) is 1. The fourth-order valence-corrected chi connectivity index (χ4v) is 1.71. The number of nitrogens with one attached hydrogen (secondary N) is 1. The average Bonchev–Trinajstić information content (AvgIpc) is 2.44. The Hall–Kier alpha value is -0.960. The molecule has 0 fully saturated rings. The predicted octanol–water partition coefficient (Wildman–Crippen LogP) is 2.94. The lowest BCUT2D eigenvalue weighted by atomic mass is 10.2. The van der Waals surface area contributed by atoms with Crippen LogP contribution in [0.15, 0.2) is 28.9 Å². The molecule has 12 heavy (non-hydrogen) atoms. The van der Waals surface area contributed by atoms with Crippen LogP contribution in [0.4, 0.5) is 0 Å². The molecule has 0 atom stereocenters. The molecular weight excluding hydrogens is 218 g/mol. The minimum Gasteiger partial charge on any atom is -0.496 e. The number of aromatic nitrogens is 1. The molecule has 2 nitrogen and oxygen atoms in total. The van der Waals surface area contributed by atoms with E-state index >= 15 is 0 Å². The zero-order valence-electron chi connectivity index (χ0n) is 6.60. The van der Waals surface area contributed by atoms with Gasteiger partial charge in [0.2, 0.25) is 0 Å². The Bertz CT molecular complexity index is 408. The fourth-order valence-electron chi connectivity index (χ4n) is 1.27. The van der Waals surface area contributed by atoms with Gasteiger partial charge in [-0.3, -0.25) is 0 Å². The van der Waals surface area contributed by atoms with Crippen molar-refractivity contribution < 1.29 is 4.74 Å². The van der Waals surface area contributed by atoms with Crippen molar-refractivity contribution in [2.24, 2.45) is 0 Å². The van der Waals surface area contributed by atoms with Gasteiger partial charge < -0.3 is 9.72 Å². The Kier molecular flexibility index (Phi) is 1.81. The summed E-state index contributed by atoms with van der Waals surface area (Å²) in [7, 11) is 1.68. The van der Waals surface area contributed by atoms with E-state index in [4.69, 9.17) is 4.74 Å². The maximum atomic E-state index is 5.20. The second-order valence-electron chi connectivity index (χ2n) is 2.54. The highest BCUT2D eigenvalue weighted by Crippen LogP contribution is 2.27. The first-order chi connectivity index (χ1) is 5.81. The van der Waals surface area contributed by atoms with Crippen LogP contribution in [0, 0.1) is 0 Å². The van der Waals surface area contributed by atoms with Crippen LogP contribution < -0.4 is 4.74 Å². The summed E-state index contributed by atoms with van der Waals surface area (Å²) >= 11 is 3.38. The van der Waals surface area contributed by atoms with Crippen LogP contribution in [-0.4, -0.2) is 12.1 Å². The van der Waals surface area contributed by atoms with E-state index in [1.54, 1.807) is 7.11 Å². The molecule has 2 rings (SSSR count). The van der Waals surface area contributed by atoms with Gasteiger partial charge in [0.1, 0.15) is 5.75 Å². The van der Waals surface area contributed by atoms with Crippen LogP contribution in [0.3, 0.4) is 0 Å². The van der Waals surface area contributed by atoms with E-state index < -0.39 is 0 Å². The summed E-state index contributed by atoms with van der Waals surface area (Å²) in [5.41, 5.74) is 1.08. The third-order valence-corrected chi connectivity index (χ3v) is 2.24. The first-order valence-corrected chi connectivity index (χ1v) is 4.42. The van der Waals surface area contributed by atoms with E-state index in [1.165, 1.54) is 0 Å². The highest BCUT2D eigenvalue weighted by atomic mass is 79.9. The molecule has 0 radical (unpaired) electrons. The van der Waals surface area contributed by atoms with Gasteiger partial charge in [-0.15, -0.1) is 0 Å². The lowest BCUT2D eigenvalue weighted by molar-refractivity contribution is 0.420. The Morgan fingerprint density at radius 2 is 2.25 bits per heavy atom. The van der Waals surface area contributed by atoms with Gasteiger partial charge in [-0.1, -0.05) is 6.07 Å². The first-order valence-electron chi connectivity index (χ1n) is 3.62. The third-order valence-electron chi connectivity index (χ3n) is 1.81. The maximum absolute atomic E-state index is 5.20. The SMILES string of the molecule is COc1cccc2[nH]c(Br)cc12. The van der Waals surface area contributed by atoms with E-state index in [2.05, 4.69) is 20.9 Å². The number of hydrogen-bond acceptors (Lipinski definition) is 1. The number of halogens is 1. The van der Waals surface area contributed by atoms with Crippen molar-refractivity contribution in [3.05, 3.63) is 28.9 Å². The van der Waals surface area contributed by atoms with E-state index in [0.29, 0.717) is 0 Å². The molecule has 1 heterocycles. The second kappa shape index (κ2) is 2.83. The minimum absolute atomic E-state index is 0.898. The van der Waals surface area contributed by atoms with E-state index in [1.807, 2.05) is 24.3 Å². The molecule has 0 aliphatic carbocycles. The summed E-state index contributed by atoms with van der Waals surface area (Å²) in [6, 6.07) is 7.93. The topological polar surface area (TPSA) is 25.0 Å². The molecule has 0 saturated heterocycles. The normalized spacial score (nSPS) is 10.5. The summed E-state index contributed by atoms with van der Waals surface area (Å²) in [6.07, 6.45) is 0. The van der Waals surface area contributed by atoms with Crippen LogP contribution >= 0.6 is 15.9 Å². The number of methoxy groups -OCH3 is 1. The lowest BCUT2D eigenvalue weighted by Crippen LogP contribution is -1.81. The zero-order valence-corrected chi connectivity index (χ0v) is 8.18. The number of aromatic amines is 1. The Labute approximate surface area is 78.7 Å². The van der Waals surface area contributed by atoms with Gasteiger partial charge >= 0.3 is 0 Å². The van der Waals surface area contributed by atoms with E-state index in [9.17, 15) is 0 Å². The molecule has 0 spiro atoms. The quantitative estimate of drug-likeness (QED) is 0.794. The van der Waals surface area contributed by atoms with Crippen molar-refractivity contribution in [2.45, 2.75) is 0 Å². The molecule has 1 aromatic heterocycles. The van der Waals surface area contributed by atoms with Crippen LogP contribution in [0.2, 0.25) is 0 Å². The van der Waals surface area contributed by atoms with Gasteiger partial charge in [0.25, 0.3) is 0 Å². The summed E-state index contributed by atoms with van der Waals surface area (Å²) in [5.74, 6) is 0.898. The van der Waals surface area contributed by atoms with Crippen LogP contribution in [0.25, 0.3) is 10.9 Å². The van der Waals surface area contributed by atoms with E-state index in [0.717, 1.165) is 21.3 Å². The highest BCUT2D eigenvalue weighted by molar-refractivity contribution is 9.10. The van der Waals surface area contributed by atoms with Gasteiger partial charge in [0, 0.05) is 10.9 Å². The molecule has 0 aliphatic rings. The smallest absolute Gasteiger partial charge is 0.128 e. The van der Waals surface area contributed by atoms with Crippen LogP contribution in [0.5, 0.6) is 5.75 Å². The van der Waals surface area contributed by atoms with Crippen molar-refractivity contribution >= 4 is 26.8 Å². The van der Waals surface area contributed by atoms with Crippen LogP contribution in [0.1, 0.15) is 0 Å². The molecule has 3 heteroatoms. The molecule has 0 aliphatic heterocycles. The molecule has 0 saturated carbocycles. The number of ether oxygens (including phenoxy) is 1. The maximum Gasteiger partial charge on any atom is 0.128 e. The van der Waals surface area contributed by atoms with Crippen molar-refractivity contribution in [2.75, 3.05) is 7.11 Å². The largest absolute Gasteiger partial charge is 0.496 e. The molecule has 0 unspecified atom stereocenters. The summed E-state index contributed by atoms with van der Waals surface area (Å²) in [4.78, 5) is 3.17. The third kappa shape index (κ3) is 1.10. The number of fused-ring (bicyclic) bond motifs is 1. The monoisotopic (exact) mass is 225 g/mol. The molecule has 1 N–H and O–H groups in total. The molecule has 1 aromatic carbocycles. The van der Waals surface area contributed by atoms with Crippen LogP contribution in [-0.2, 0) is 0 Å². The van der Waals surface area contributed by atoms with Crippen molar-refractivity contribution in [3.8, 4) is 5.75 Å². The summed E-state index contributed by atoms with van der Waals surface area (Å²) < 4.78 is 6.17. The van der Waals surface area contributed by atoms with Gasteiger partial charge in [0.15, 0.2) is 0 Å². The predicted molar refractivity (Wildman–Crippen MR) is 52.6 cm³/mol. The minimum atomic E-state index is 0.898. The van der Waals surface area contributed by atoms with E-state index in [-0.39, 0.29) is 0 Å². The van der Waals surface area contributed by atoms with Gasteiger partial charge in [-0.05, 0) is 34.1 Å². The lowest BCUT2D eigenvalue weighted by Gasteiger charge is -1.99. The number of rotatable bonds is 1. The average molecular weight is 226 g/mol.